The van der Waals surface area contributed by atoms with Gasteiger partial charge in [0.1, 0.15) is 0 Å². The van der Waals surface area contributed by atoms with E-state index < -0.39 is 0 Å². The summed E-state index contributed by atoms with van der Waals surface area (Å²) < 4.78 is 5.22. The number of hydrogen-bond acceptors (Lipinski definition) is 4. The minimum atomic E-state index is 0.214. The fourth-order valence-corrected chi connectivity index (χ4v) is 2.48. The summed E-state index contributed by atoms with van der Waals surface area (Å²) >= 11 is 0. The van der Waals surface area contributed by atoms with Crippen LogP contribution in [0.2, 0.25) is 0 Å². The minimum absolute atomic E-state index is 0.214. The molecule has 0 radical (unpaired) electrons. The summed E-state index contributed by atoms with van der Waals surface area (Å²) in [6.45, 7) is 7.29. The van der Waals surface area contributed by atoms with Crippen LogP contribution in [0.4, 0.5) is 0 Å². The van der Waals surface area contributed by atoms with Gasteiger partial charge < -0.3 is 20.1 Å². The van der Waals surface area contributed by atoms with Crippen molar-refractivity contribution in [1.82, 2.24) is 10.2 Å². The summed E-state index contributed by atoms with van der Waals surface area (Å²) in [6.07, 6.45) is 2.52. The number of hydrogen-bond donors (Lipinski definition) is 2. The number of nitrogens with zero attached hydrogens (tertiary/aromatic N) is 1. The number of methoxy groups -OCH3 is 1. The second-order valence-corrected chi connectivity index (χ2v) is 4.66. The maximum Gasteiger partial charge on any atom is 0.0597 e. The molecule has 1 aliphatic rings. The van der Waals surface area contributed by atoms with E-state index in [1.807, 2.05) is 0 Å². The zero-order valence-corrected chi connectivity index (χ0v) is 10.6. The van der Waals surface area contributed by atoms with Gasteiger partial charge in [-0.25, -0.2) is 0 Å². The van der Waals surface area contributed by atoms with Crippen molar-refractivity contribution in [3.8, 4) is 0 Å². The monoisotopic (exact) mass is 230 g/mol. The Balaban J connectivity index is 2.29. The second kappa shape index (κ2) is 8.01. The van der Waals surface area contributed by atoms with E-state index >= 15 is 0 Å². The summed E-state index contributed by atoms with van der Waals surface area (Å²) in [5.41, 5.74) is 0. The lowest BCUT2D eigenvalue weighted by atomic mass is 9.98. The Kier molecular flexibility index (Phi) is 6.96. The van der Waals surface area contributed by atoms with Crippen LogP contribution in [-0.2, 0) is 4.74 Å². The van der Waals surface area contributed by atoms with Crippen molar-refractivity contribution >= 4 is 0 Å². The predicted octanol–water partition coefficient (Wildman–Crippen LogP) is 0.315. The molecule has 0 bridgehead atoms. The third kappa shape index (κ3) is 4.78. The van der Waals surface area contributed by atoms with Gasteiger partial charge in [0.25, 0.3) is 0 Å². The quantitative estimate of drug-likeness (QED) is 0.661. The zero-order chi connectivity index (χ0) is 11.8. The fraction of sp³-hybridized carbons (Fsp3) is 1.00. The van der Waals surface area contributed by atoms with Gasteiger partial charge in [-0.15, -0.1) is 0 Å². The van der Waals surface area contributed by atoms with Crippen molar-refractivity contribution in [3.63, 3.8) is 0 Å². The van der Waals surface area contributed by atoms with Crippen LogP contribution in [0.5, 0.6) is 0 Å². The van der Waals surface area contributed by atoms with Crippen LogP contribution < -0.4 is 5.32 Å². The molecule has 0 aromatic carbocycles. The molecule has 2 atom stereocenters. The van der Waals surface area contributed by atoms with Gasteiger partial charge in [0.05, 0.1) is 13.2 Å². The van der Waals surface area contributed by atoms with Crippen LogP contribution in [0.15, 0.2) is 0 Å². The largest absolute Gasteiger partial charge is 0.395 e. The highest BCUT2D eigenvalue weighted by Gasteiger charge is 2.21. The Bertz CT molecular complexity index is 176. The second-order valence-electron chi connectivity index (χ2n) is 4.66. The number of aliphatic hydroxyl groups excluding tert-OH is 1. The third-order valence-electron chi connectivity index (χ3n) is 3.20. The van der Waals surface area contributed by atoms with Crippen molar-refractivity contribution < 1.29 is 9.84 Å². The lowest BCUT2D eigenvalue weighted by Gasteiger charge is -2.34. The van der Waals surface area contributed by atoms with Crippen LogP contribution >= 0.6 is 0 Å². The van der Waals surface area contributed by atoms with Gasteiger partial charge in [0.2, 0.25) is 0 Å². The van der Waals surface area contributed by atoms with E-state index in [-0.39, 0.29) is 12.6 Å². The first-order valence-corrected chi connectivity index (χ1v) is 6.35. The molecule has 4 heteroatoms. The summed E-state index contributed by atoms with van der Waals surface area (Å²) in [5.74, 6) is 0.666. The summed E-state index contributed by atoms with van der Waals surface area (Å²) in [7, 11) is 1.77. The van der Waals surface area contributed by atoms with E-state index in [1.165, 1.54) is 12.8 Å². The van der Waals surface area contributed by atoms with Gasteiger partial charge in [-0.05, 0) is 31.8 Å². The average Bonchev–Trinajstić information content (AvgIpc) is 2.29. The molecule has 16 heavy (non-hydrogen) atoms. The molecule has 1 saturated heterocycles. The molecule has 0 amide bonds. The topological polar surface area (TPSA) is 44.7 Å². The molecule has 1 rings (SSSR count). The molecule has 0 aromatic rings. The van der Waals surface area contributed by atoms with Gasteiger partial charge in [0.15, 0.2) is 0 Å². The smallest absolute Gasteiger partial charge is 0.0597 e. The molecule has 1 fully saturated rings. The Labute approximate surface area is 99.0 Å². The van der Waals surface area contributed by atoms with E-state index in [9.17, 15) is 5.11 Å². The number of aliphatic hydroxyl groups is 1. The van der Waals surface area contributed by atoms with Crippen LogP contribution in [0.3, 0.4) is 0 Å². The van der Waals surface area contributed by atoms with E-state index in [4.69, 9.17) is 4.74 Å². The van der Waals surface area contributed by atoms with Gasteiger partial charge in [0, 0.05) is 26.2 Å². The molecule has 0 aliphatic carbocycles. The first-order chi connectivity index (χ1) is 7.80. The zero-order valence-electron chi connectivity index (χ0n) is 10.6. The van der Waals surface area contributed by atoms with Crippen LogP contribution in [0.1, 0.15) is 19.8 Å². The molecule has 0 saturated carbocycles. The Morgan fingerprint density at radius 2 is 2.38 bits per heavy atom. The highest BCUT2D eigenvalue weighted by Crippen LogP contribution is 2.16. The SMILES string of the molecule is CCNC(CO)CN1CCCC(COC)C1. The highest BCUT2D eigenvalue weighted by atomic mass is 16.5. The van der Waals surface area contributed by atoms with Crippen molar-refractivity contribution in [2.45, 2.75) is 25.8 Å². The Hall–Kier alpha value is -0.160. The van der Waals surface area contributed by atoms with Crippen molar-refractivity contribution in [1.29, 1.82) is 0 Å². The van der Waals surface area contributed by atoms with Crippen LogP contribution in [-0.4, -0.2) is 62.6 Å². The van der Waals surface area contributed by atoms with E-state index in [0.29, 0.717) is 5.92 Å². The predicted molar refractivity (Wildman–Crippen MR) is 65.6 cm³/mol. The van der Waals surface area contributed by atoms with Crippen molar-refractivity contribution in [2.75, 3.05) is 46.5 Å². The fourth-order valence-electron chi connectivity index (χ4n) is 2.48. The standard InChI is InChI=1S/C12H26N2O2/c1-3-13-12(9-15)8-14-6-4-5-11(7-14)10-16-2/h11-13,15H,3-10H2,1-2H3. The number of likely N-dealkylation sites (N-methyl/N-ethyl adjacent to an activating group) is 1. The summed E-state index contributed by atoms with van der Waals surface area (Å²) in [4.78, 5) is 2.44. The number of nitrogens with one attached hydrogen (secondary N) is 1. The van der Waals surface area contributed by atoms with Crippen LogP contribution in [0, 0.1) is 5.92 Å². The molecule has 1 heterocycles. The van der Waals surface area contributed by atoms with Crippen molar-refractivity contribution in [3.05, 3.63) is 0 Å². The Morgan fingerprint density at radius 1 is 1.56 bits per heavy atom. The number of piperidine rings is 1. The maximum absolute atomic E-state index is 9.24. The van der Waals surface area contributed by atoms with E-state index in [0.717, 1.165) is 32.8 Å². The van der Waals surface area contributed by atoms with Crippen molar-refractivity contribution in [2.24, 2.45) is 5.92 Å². The molecule has 0 spiro atoms. The number of ether oxygens (including phenoxy) is 1. The number of rotatable bonds is 7. The first-order valence-electron chi connectivity index (χ1n) is 6.35. The molecule has 1 aliphatic heterocycles. The molecule has 96 valence electrons. The third-order valence-corrected chi connectivity index (χ3v) is 3.20. The Morgan fingerprint density at radius 3 is 3.00 bits per heavy atom. The molecular formula is C12H26N2O2. The average molecular weight is 230 g/mol. The summed E-state index contributed by atoms with van der Waals surface area (Å²) in [6, 6.07) is 0.214. The molecule has 4 nitrogen and oxygen atoms in total. The van der Waals surface area contributed by atoms with Gasteiger partial charge in [-0.3, -0.25) is 0 Å². The lowest BCUT2D eigenvalue weighted by molar-refractivity contribution is 0.0801. The van der Waals surface area contributed by atoms with E-state index in [2.05, 4.69) is 17.1 Å². The minimum Gasteiger partial charge on any atom is -0.395 e. The van der Waals surface area contributed by atoms with Gasteiger partial charge in [-0.1, -0.05) is 6.92 Å². The summed E-state index contributed by atoms with van der Waals surface area (Å²) in [5, 5.41) is 12.5. The van der Waals surface area contributed by atoms with Gasteiger partial charge >= 0.3 is 0 Å². The molecule has 2 N–H and O–H groups in total. The molecule has 0 aromatic heterocycles. The molecular weight excluding hydrogens is 204 g/mol. The number of likely N-dealkylation sites (tertiary alicyclic amines) is 1. The highest BCUT2D eigenvalue weighted by molar-refractivity contribution is 4.77. The van der Waals surface area contributed by atoms with Gasteiger partial charge in [-0.2, -0.15) is 0 Å². The normalized spacial score (nSPS) is 24.6. The van der Waals surface area contributed by atoms with Crippen LogP contribution in [0.25, 0.3) is 0 Å². The lowest BCUT2D eigenvalue weighted by Crippen LogP contribution is -2.47. The van der Waals surface area contributed by atoms with E-state index in [1.54, 1.807) is 7.11 Å². The maximum atomic E-state index is 9.24. The molecule has 2 unspecified atom stereocenters. The first kappa shape index (κ1) is 13.9.